The zero-order chi connectivity index (χ0) is 29.4. The fourth-order valence-corrected chi connectivity index (χ4v) is 4.80. The lowest BCUT2D eigenvalue weighted by molar-refractivity contribution is 0.202. The quantitative estimate of drug-likeness (QED) is 0.174. The van der Waals surface area contributed by atoms with Crippen molar-refractivity contribution in [2.24, 2.45) is 0 Å². The molecule has 0 saturated carbocycles. The predicted molar refractivity (Wildman–Crippen MR) is 164 cm³/mol. The van der Waals surface area contributed by atoms with Gasteiger partial charge in [-0.15, -0.1) is 0 Å². The van der Waals surface area contributed by atoms with Gasteiger partial charge < -0.3 is 9.47 Å². The van der Waals surface area contributed by atoms with Gasteiger partial charge in [0.2, 0.25) is 5.88 Å². The highest BCUT2D eigenvalue weighted by molar-refractivity contribution is 9.10. The molecule has 42 heavy (non-hydrogen) atoms. The number of ether oxygens (including phenoxy) is 2. The molecule has 5 aromatic rings. The summed E-state index contributed by atoms with van der Waals surface area (Å²) in [6, 6.07) is 20.3. The van der Waals surface area contributed by atoms with E-state index < -0.39 is 10.0 Å². The molecule has 0 atom stereocenters. The Hall–Kier alpha value is -4.68. The summed E-state index contributed by atoms with van der Waals surface area (Å²) < 4.78 is 41.6. The van der Waals surface area contributed by atoms with Crippen LogP contribution in [0.15, 0.2) is 101 Å². The number of halogens is 1. The summed E-state index contributed by atoms with van der Waals surface area (Å²) in [6.07, 6.45) is 7.87. The molecule has 10 nitrogen and oxygen atoms in total. The fourth-order valence-electron chi connectivity index (χ4n) is 3.78. The van der Waals surface area contributed by atoms with Crippen molar-refractivity contribution in [2.45, 2.75) is 6.92 Å². The van der Waals surface area contributed by atoms with E-state index in [1.54, 1.807) is 36.9 Å². The second-order valence-electron chi connectivity index (χ2n) is 8.92. The first-order valence-electron chi connectivity index (χ1n) is 12.7. The monoisotopic (exact) mass is 644 g/mol. The number of aromatic nitrogens is 5. The van der Waals surface area contributed by atoms with Gasteiger partial charge in [-0.05, 0) is 52.2 Å². The van der Waals surface area contributed by atoms with Crippen LogP contribution in [0.4, 0.5) is 5.82 Å². The number of benzene rings is 2. The van der Waals surface area contributed by atoms with Crippen LogP contribution in [-0.4, -0.2) is 46.6 Å². The maximum atomic E-state index is 13.3. The summed E-state index contributed by atoms with van der Waals surface area (Å²) >= 11 is 3.29. The van der Waals surface area contributed by atoms with Crippen molar-refractivity contribution in [2.75, 3.05) is 17.9 Å². The van der Waals surface area contributed by atoms with Gasteiger partial charge in [0.25, 0.3) is 10.0 Å². The molecule has 0 fully saturated rings. The Bertz CT molecular complexity index is 1770. The number of rotatable bonds is 11. The number of sulfonamides is 1. The summed E-state index contributed by atoms with van der Waals surface area (Å²) in [5, 5.41) is 1.10. The molecule has 2 aromatic carbocycles. The van der Waals surface area contributed by atoms with Crippen molar-refractivity contribution in [3.63, 3.8) is 0 Å². The van der Waals surface area contributed by atoms with E-state index >= 15 is 0 Å². The van der Waals surface area contributed by atoms with Crippen molar-refractivity contribution < 1.29 is 17.9 Å². The van der Waals surface area contributed by atoms with Crippen LogP contribution in [0.5, 0.6) is 11.9 Å². The summed E-state index contributed by atoms with van der Waals surface area (Å²) in [4.78, 5) is 21.5. The SMILES string of the molecule is Cc1ccc(-c2c(NS(=O)(=O)/C=C\c3ccccc3)nc(-c3ccncc3)nc2OCCOc2ncc(Br)cn2)cc1. The molecule has 3 heterocycles. The van der Waals surface area contributed by atoms with Crippen LogP contribution in [-0.2, 0) is 10.0 Å². The molecule has 1 N–H and O–H groups in total. The first-order valence-corrected chi connectivity index (χ1v) is 15.1. The number of aryl methyl sites for hydroxylation is 1. The van der Waals surface area contributed by atoms with E-state index in [0.717, 1.165) is 21.0 Å². The van der Waals surface area contributed by atoms with Crippen LogP contribution in [0.25, 0.3) is 28.6 Å². The lowest BCUT2D eigenvalue weighted by atomic mass is 10.1. The predicted octanol–water partition coefficient (Wildman–Crippen LogP) is 5.94. The zero-order valence-electron chi connectivity index (χ0n) is 22.4. The molecule has 3 aromatic heterocycles. The van der Waals surface area contributed by atoms with Gasteiger partial charge in [-0.1, -0.05) is 60.2 Å². The third-order valence-electron chi connectivity index (χ3n) is 5.78. The second-order valence-corrected chi connectivity index (χ2v) is 11.4. The Kier molecular flexibility index (Phi) is 9.15. The van der Waals surface area contributed by atoms with Gasteiger partial charge in [-0.2, -0.15) is 4.98 Å². The summed E-state index contributed by atoms with van der Waals surface area (Å²) in [7, 11) is -3.99. The van der Waals surface area contributed by atoms with E-state index in [2.05, 4.69) is 45.6 Å². The minimum atomic E-state index is -3.99. The molecule has 0 aliphatic carbocycles. The molecule has 0 aliphatic rings. The fraction of sp³-hybridized carbons (Fsp3) is 0.100. The van der Waals surface area contributed by atoms with E-state index in [4.69, 9.17) is 9.47 Å². The molecule has 0 spiro atoms. The molecule has 0 bridgehead atoms. The largest absolute Gasteiger partial charge is 0.473 e. The highest BCUT2D eigenvalue weighted by atomic mass is 79.9. The first kappa shape index (κ1) is 28.8. The van der Waals surface area contributed by atoms with E-state index in [1.165, 1.54) is 6.08 Å². The number of hydrogen-bond acceptors (Lipinski definition) is 9. The van der Waals surface area contributed by atoms with Crippen molar-refractivity contribution in [1.82, 2.24) is 24.9 Å². The molecule has 0 saturated heterocycles. The average molecular weight is 646 g/mol. The Morgan fingerprint density at radius 1 is 0.857 bits per heavy atom. The second kappa shape index (κ2) is 13.3. The van der Waals surface area contributed by atoms with Crippen LogP contribution >= 0.6 is 15.9 Å². The Labute approximate surface area is 251 Å². The van der Waals surface area contributed by atoms with Crippen molar-refractivity contribution in [1.29, 1.82) is 0 Å². The van der Waals surface area contributed by atoms with Gasteiger partial charge in [0.05, 0.1) is 15.4 Å². The highest BCUT2D eigenvalue weighted by Gasteiger charge is 2.22. The van der Waals surface area contributed by atoms with Gasteiger partial charge in [0, 0.05) is 30.4 Å². The summed E-state index contributed by atoms with van der Waals surface area (Å²) in [5.41, 5.74) is 3.44. The van der Waals surface area contributed by atoms with Crippen molar-refractivity contribution in [3.05, 3.63) is 113 Å². The number of hydrogen-bond donors (Lipinski definition) is 1. The Morgan fingerprint density at radius 3 is 2.26 bits per heavy atom. The molecular formula is C30H25BrN6O4S. The number of pyridine rings is 1. The summed E-state index contributed by atoms with van der Waals surface area (Å²) in [5.74, 6) is 0.487. The van der Waals surface area contributed by atoms with Gasteiger partial charge in [-0.3, -0.25) is 9.71 Å². The van der Waals surface area contributed by atoms with Gasteiger partial charge in [0.1, 0.15) is 13.2 Å². The molecule has 0 radical (unpaired) electrons. The van der Waals surface area contributed by atoms with Crippen LogP contribution in [0, 0.1) is 6.92 Å². The van der Waals surface area contributed by atoms with Crippen molar-refractivity contribution in [3.8, 4) is 34.4 Å². The highest BCUT2D eigenvalue weighted by Crippen LogP contribution is 2.37. The Balaban J connectivity index is 1.53. The van der Waals surface area contributed by atoms with Gasteiger partial charge >= 0.3 is 6.01 Å². The number of nitrogens with one attached hydrogen (secondary N) is 1. The molecule has 0 aliphatic heterocycles. The standard InChI is InChI=1S/C30H25BrN6O4S/c1-21-7-9-23(10-8-21)26-28(37-42(38,39)18-13-22-5-3-2-4-6-22)35-27(24-11-14-32-15-12-24)36-29(26)40-16-17-41-30-33-19-25(31)20-34-30/h2-15,18-20H,16-17H2,1H3,(H,35,36,37)/b18-13-. The van der Waals surface area contributed by atoms with Crippen molar-refractivity contribution >= 4 is 37.8 Å². The third-order valence-corrected chi connectivity index (χ3v) is 7.16. The smallest absolute Gasteiger partial charge is 0.316 e. The van der Waals surface area contributed by atoms with Crippen LogP contribution < -0.4 is 14.2 Å². The maximum Gasteiger partial charge on any atom is 0.316 e. The molecule has 212 valence electrons. The molecule has 5 rings (SSSR count). The minimum absolute atomic E-state index is 0.0607. The average Bonchev–Trinajstić information content (AvgIpc) is 3.00. The van der Waals surface area contributed by atoms with E-state index in [1.807, 2.05) is 61.5 Å². The zero-order valence-corrected chi connectivity index (χ0v) is 24.8. The van der Waals surface area contributed by atoms with Crippen LogP contribution in [0.2, 0.25) is 0 Å². The molecule has 12 heteroatoms. The molecule has 0 amide bonds. The Morgan fingerprint density at radius 2 is 1.55 bits per heavy atom. The van der Waals surface area contributed by atoms with Crippen LogP contribution in [0.1, 0.15) is 11.1 Å². The third kappa shape index (κ3) is 7.74. The van der Waals surface area contributed by atoms with E-state index in [9.17, 15) is 8.42 Å². The lowest BCUT2D eigenvalue weighted by Gasteiger charge is -2.17. The molecular weight excluding hydrogens is 620 g/mol. The van der Waals surface area contributed by atoms with E-state index in [-0.39, 0.29) is 36.7 Å². The van der Waals surface area contributed by atoms with E-state index in [0.29, 0.717) is 16.7 Å². The normalized spacial score (nSPS) is 11.4. The minimum Gasteiger partial charge on any atom is -0.473 e. The first-order chi connectivity index (χ1) is 20.4. The van der Waals surface area contributed by atoms with Gasteiger partial charge in [-0.25, -0.2) is 23.4 Å². The number of nitrogens with zero attached hydrogens (tertiary/aromatic N) is 5. The topological polar surface area (TPSA) is 129 Å². The summed E-state index contributed by atoms with van der Waals surface area (Å²) in [6.45, 7) is 2.15. The molecule has 0 unspecified atom stereocenters. The number of anilines is 1. The lowest BCUT2D eigenvalue weighted by Crippen LogP contribution is -2.15. The maximum absolute atomic E-state index is 13.3. The van der Waals surface area contributed by atoms with Gasteiger partial charge in [0.15, 0.2) is 11.6 Å². The van der Waals surface area contributed by atoms with Crippen LogP contribution in [0.3, 0.4) is 0 Å².